The van der Waals surface area contributed by atoms with Crippen molar-refractivity contribution >= 4 is 0 Å². The Morgan fingerprint density at radius 1 is 1.08 bits per heavy atom. The van der Waals surface area contributed by atoms with Crippen LogP contribution in [0.15, 0.2) is 0 Å². The predicted molar refractivity (Wildman–Crippen MR) is 50.4 cm³/mol. The molecule has 1 saturated carbocycles. The zero-order chi connectivity index (χ0) is 9.26. The van der Waals surface area contributed by atoms with Gasteiger partial charge in [-0.25, -0.2) is 0 Å². The summed E-state index contributed by atoms with van der Waals surface area (Å²) in [7, 11) is 0. The van der Waals surface area contributed by atoms with Gasteiger partial charge in [0.2, 0.25) is 0 Å². The minimum atomic E-state index is -0.00870. The molecule has 1 aliphatic heterocycles. The standard InChI is InChI=1S/C10H19NO2/c12-6-10(7-13)11-4-8-2-1-3-9(8)5-11/h8-10,12-13H,1-7H2/t8-,9+. The van der Waals surface area contributed by atoms with Crippen LogP contribution in [0.2, 0.25) is 0 Å². The van der Waals surface area contributed by atoms with Crippen LogP contribution < -0.4 is 0 Å². The van der Waals surface area contributed by atoms with Gasteiger partial charge in [0.1, 0.15) is 0 Å². The molecule has 0 radical (unpaired) electrons. The third-order valence-corrected chi connectivity index (χ3v) is 3.69. The van der Waals surface area contributed by atoms with Gasteiger partial charge in [0.15, 0.2) is 0 Å². The molecular formula is C10H19NO2. The first-order valence-corrected chi connectivity index (χ1v) is 5.31. The maximum Gasteiger partial charge on any atom is 0.0609 e. The van der Waals surface area contributed by atoms with Crippen LogP contribution in [0.1, 0.15) is 19.3 Å². The predicted octanol–water partition coefficient (Wildman–Crippen LogP) is 0.0715. The van der Waals surface area contributed by atoms with Gasteiger partial charge < -0.3 is 10.2 Å². The molecule has 0 spiro atoms. The molecule has 2 rings (SSSR count). The molecule has 1 aliphatic carbocycles. The molecule has 0 aromatic carbocycles. The summed E-state index contributed by atoms with van der Waals surface area (Å²) in [6.07, 6.45) is 4.08. The highest BCUT2D eigenvalue weighted by Gasteiger charge is 2.38. The van der Waals surface area contributed by atoms with E-state index in [2.05, 4.69) is 4.90 Å². The molecule has 3 nitrogen and oxygen atoms in total. The van der Waals surface area contributed by atoms with E-state index in [9.17, 15) is 0 Å². The Morgan fingerprint density at radius 3 is 2.08 bits per heavy atom. The van der Waals surface area contributed by atoms with Gasteiger partial charge in [0.05, 0.1) is 19.3 Å². The van der Waals surface area contributed by atoms with Crippen LogP contribution in [0.3, 0.4) is 0 Å². The lowest BCUT2D eigenvalue weighted by Gasteiger charge is -2.24. The summed E-state index contributed by atoms with van der Waals surface area (Å²) in [5.41, 5.74) is 0. The maximum atomic E-state index is 9.05. The summed E-state index contributed by atoms with van der Waals surface area (Å²) in [5, 5.41) is 18.1. The highest BCUT2D eigenvalue weighted by atomic mass is 16.3. The van der Waals surface area contributed by atoms with Gasteiger partial charge in [0.25, 0.3) is 0 Å². The molecule has 2 atom stereocenters. The average molecular weight is 185 g/mol. The van der Waals surface area contributed by atoms with Gasteiger partial charge in [-0.2, -0.15) is 0 Å². The lowest BCUT2D eigenvalue weighted by Crippen LogP contribution is -2.39. The fourth-order valence-corrected chi connectivity index (χ4v) is 2.86. The number of likely N-dealkylation sites (tertiary alicyclic amines) is 1. The Bertz CT molecular complexity index is 158. The van der Waals surface area contributed by atoms with E-state index < -0.39 is 0 Å². The molecule has 76 valence electrons. The monoisotopic (exact) mass is 185 g/mol. The van der Waals surface area contributed by atoms with Crippen LogP contribution in [0.25, 0.3) is 0 Å². The van der Waals surface area contributed by atoms with Crippen LogP contribution in [-0.2, 0) is 0 Å². The van der Waals surface area contributed by atoms with E-state index >= 15 is 0 Å². The van der Waals surface area contributed by atoms with Crippen LogP contribution in [0.4, 0.5) is 0 Å². The molecular weight excluding hydrogens is 166 g/mol. The zero-order valence-corrected chi connectivity index (χ0v) is 8.02. The van der Waals surface area contributed by atoms with Crippen molar-refractivity contribution in [1.82, 2.24) is 4.90 Å². The number of hydrogen-bond acceptors (Lipinski definition) is 3. The summed E-state index contributed by atoms with van der Waals surface area (Å²) in [5.74, 6) is 1.70. The van der Waals surface area contributed by atoms with Gasteiger partial charge in [-0.3, -0.25) is 4.90 Å². The zero-order valence-electron chi connectivity index (χ0n) is 8.02. The van der Waals surface area contributed by atoms with Gasteiger partial charge in [0, 0.05) is 13.1 Å². The van der Waals surface area contributed by atoms with Gasteiger partial charge in [-0.1, -0.05) is 6.42 Å². The van der Waals surface area contributed by atoms with Crippen LogP contribution in [0.5, 0.6) is 0 Å². The second kappa shape index (κ2) is 3.95. The quantitative estimate of drug-likeness (QED) is 0.654. The Balaban J connectivity index is 1.90. The van der Waals surface area contributed by atoms with E-state index in [0.717, 1.165) is 24.9 Å². The van der Waals surface area contributed by atoms with Crippen molar-refractivity contribution in [1.29, 1.82) is 0 Å². The summed E-state index contributed by atoms with van der Waals surface area (Å²) >= 11 is 0. The van der Waals surface area contributed by atoms with E-state index in [-0.39, 0.29) is 19.3 Å². The van der Waals surface area contributed by atoms with Crippen molar-refractivity contribution in [3.8, 4) is 0 Å². The lowest BCUT2D eigenvalue weighted by atomic mass is 10.0. The Labute approximate surface area is 79.4 Å². The summed E-state index contributed by atoms with van der Waals surface area (Å²) in [4.78, 5) is 2.26. The summed E-state index contributed by atoms with van der Waals surface area (Å²) in [6.45, 7) is 2.37. The fourth-order valence-electron chi connectivity index (χ4n) is 2.86. The fraction of sp³-hybridized carbons (Fsp3) is 1.00. The number of nitrogens with zero attached hydrogens (tertiary/aromatic N) is 1. The Morgan fingerprint density at radius 2 is 1.62 bits per heavy atom. The molecule has 2 fully saturated rings. The van der Waals surface area contributed by atoms with Gasteiger partial charge >= 0.3 is 0 Å². The normalized spacial score (nSPS) is 34.4. The SMILES string of the molecule is OCC(CO)N1C[C@H]2CCC[C@H]2C1. The molecule has 0 bridgehead atoms. The highest BCUT2D eigenvalue weighted by molar-refractivity contribution is 4.90. The number of fused-ring (bicyclic) bond motifs is 1. The number of aliphatic hydroxyl groups excluding tert-OH is 2. The molecule has 0 aromatic heterocycles. The van der Waals surface area contributed by atoms with E-state index in [0.29, 0.717) is 0 Å². The molecule has 2 aliphatic rings. The number of hydrogen-bond donors (Lipinski definition) is 2. The molecule has 0 unspecified atom stereocenters. The van der Waals surface area contributed by atoms with Crippen molar-refractivity contribution in [2.45, 2.75) is 25.3 Å². The van der Waals surface area contributed by atoms with E-state index in [1.54, 1.807) is 0 Å². The summed E-state index contributed by atoms with van der Waals surface area (Å²) < 4.78 is 0. The second-order valence-electron chi connectivity index (χ2n) is 4.42. The molecule has 1 saturated heterocycles. The first kappa shape index (κ1) is 9.44. The summed E-state index contributed by atoms with van der Waals surface area (Å²) in [6, 6.07) is -0.00870. The minimum absolute atomic E-state index is 0.00870. The van der Waals surface area contributed by atoms with Gasteiger partial charge in [-0.05, 0) is 24.7 Å². The van der Waals surface area contributed by atoms with Crippen LogP contribution in [-0.4, -0.2) is 47.5 Å². The van der Waals surface area contributed by atoms with Crippen molar-refractivity contribution in [2.75, 3.05) is 26.3 Å². The van der Waals surface area contributed by atoms with Gasteiger partial charge in [-0.15, -0.1) is 0 Å². The third kappa shape index (κ3) is 1.73. The van der Waals surface area contributed by atoms with Crippen molar-refractivity contribution in [3.63, 3.8) is 0 Å². The topological polar surface area (TPSA) is 43.7 Å². The molecule has 2 N–H and O–H groups in total. The Kier molecular flexibility index (Phi) is 2.86. The van der Waals surface area contributed by atoms with Crippen molar-refractivity contribution in [3.05, 3.63) is 0 Å². The highest BCUT2D eigenvalue weighted by Crippen LogP contribution is 2.38. The number of aliphatic hydroxyl groups is 2. The van der Waals surface area contributed by atoms with Crippen LogP contribution in [0, 0.1) is 11.8 Å². The Hall–Kier alpha value is -0.120. The molecule has 3 heteroatoms. The van der Waals surface area contributed by atoms with Crippen molar-refractivity contribution in [2.24, 2.45) is 11.8 Å². The minimum Gasteiger partial charge on any atom is -0.395 e. The van der Waals surface area contributed by atoms with E-state index in [1.165, 1.54) is 19.3 Å². The molecule has 13 heavy (non-hydrogen) atoms. The largest absolute Gasteiger partial charge is 0.395 e. The smallest absolute Gasteiger partial charge is 0.0609 e. The van der Waals surface area contributed by atoms with E-state index in [1.807, 2.05) is 0 Å². The first-order chi connectivity index (χ1) is 6.35. The average Bonchev–Trinajstić information content (AvgIpc) is 2.65. The van der Waals surface area contributed by atoms with Crippen molar-refractivity contribution < 1.29 is 10.2 Å². The molecule has 0 amide bonds. The first-order valence-electron chi connectivity index (χ1n) is 5.31. The number of rotatable bonds is 3. The van der Waals surface area contributed by atoms with E-state index in [4.69, 9.17) is 10.2 Å². The maximum absolute atomic E-state index is 9.05. The molecule has 0 aromatic rings. The second-order valence-corrected chi connectivity index (χ2v) is 4.42. The lowest BCUT2D eigenvalue weighted by molar-refractivity contribution is 0.0850. The molecule has 1 heterocycles. The van der Waals surface area contributed by atoms with Crippen LogP contribution >= 0.6 is 0 Å². The third-order valence-electron chi connectivity index (χ3n) is 3.69.